The highest BCUT2D eigenvalue weighted by Gasteiger charge is 2.23. The highest BCUT2D eigenvalue weighted by atomic mass is 16.5. The molecule has 1 heterocycles. The third-order valence-corrected chi connectivity index (χ3v) is 3.95. The Balaban J connectivity index is 1.89. The Morgan fingerprint density at radius 1 is 1.00 bits per heavy atom. The van der Waals surface area contributed by atoms with E-state index in [-0.39, 0.29) is 5.92 Å². The molecule has 0 radical (unpaired) electrons. The van der Waals surface area contributed by atoms with Gasteiger partial charge in [0.1, 0.15) is 0 Å². The molecule has 104 valence electrons. The molecule has 2 aromatic rings. The molecule has 3 rings (SSSR count). The summed E-state index contributed by atoms with van der Waals surface area (Å²) in [6.07, 6.45) is -0.590. The smallest absolute Gasteiger partial charge is 0.0870 e. The van der Waals surface area contributed by atoms with Crippen LogP contribution in [0.4, 0.5) is 0 Å². The molecular formula is C17H19NO2. The van der Waals surface area contributed by atoms with Gasteiger partial charge >= 0.3 is 0 Å². The van der Waals surface area contributed by atoms with E-state index >= 15 is 0 Å². The number of aliphatic hydroxyl groups excluding tert-OH is 1. The van der Waals surface area contributed by atoms with Crippen LogP contribution in [-0.2, 0) is 18.0 Å². The van der Waals surface area contributed by atoms with E-state index in [2.05, 4.69) is 0 Å². The maximum Gasteiger partial charge on any atom is 0.0870 e. The molecule has 2 aromatic carbocycles. The second-order valence-corrected chi connectivity index (χ2v) is 5.22. The predicted octanol–water partition coefficient (Wildman–Crippen LogP) is 2.49. The van der Waals surface area contributed by atoms with E-state index < -0.39 is 6.10 Å². The molecule has 20 heavy (non-hydrogen) atoms. The molecule has 2 atom stereocenters. The third kappa shape index (κ3) is 2.48. The lowest BCUT2D eigenvalue weighted by Crippen LogP contribution is -2.20. The summed E-state index contributed by atoms with van der Waals surface area (Å²) in [6.45, 7) is 1.72. The fourth-order valence-electron chi connectivity index (χ4n) is 2.76. The Labute approximate surface area is 119 Å². The van der Waals surface area contributed by atoms with Crippen LogP contribution in [0.15, 0.2) is 48.5 Å². The highest BCUT2D eigenvalue weighted by molar-refractivity contribution is 5.36. The lowest BCUT2D eigenvalue weighted by molar-refractivity contribution is 0.134. The van der Waals surface area contributed by atoms with E-state index in [0.29, 0.717) is 19.8 Å². The molecule has 3 N–H and O–H groups in total. The number of hydrogen-bond acceptors (Lipinski definition) is 3. The van der Waals surface area contributed by atoms with Crippen LogP contribution in [0.5, 0.6) is 0 Å². The van der Waals surface area contributed by atoms with Crippen molar-refractivity contribution < 1.29 is 9.84 Å². The van der Waals surface area contributed by atoms with Gasteiger partial charge in [-0.1, -0.05) is 48.5 Å². The van der Waals surface area contributed by atoms with Gasteiger partial charge in [0.2, 0.25) is 0 Å². The molecule has 0 spiro atoms. The summed E-state index contributed by atoms with van der Waals surface area (Å²) in [5.41, 5.74) is 10.2. The van der Waals surface area contributed by atoms with E-state index in [1.165, 1.54) is 11.1 Å². The fraction of sp³-hybridized carbons (Fsp3) is 0.294. The zero-order valence-corrected chi connectivity index (χ0v) is 11.3. The summed E-state index contributed by atoms with van der Waals surface area (Å²) in [7, 11) is 0. The van der Waals surface area contributed by atoms with Crippen molar-refractivity contribution in [3.05, 3.63) is 70.8 Å². The van der Waals surface area contributed by atoms with Crippen molar-refractivity contribution in [3.63, 3.8) is 0 Å². The maximum atomic E-state index is 10.6. The number of rotatable bonds is 4. The van der Waals surface area contributed by atoms with Crippen LogP contribution >= 0.6 is 0 Å². The van der Waals surface area contributed by atoms with Gasteiger partial charge in [-0.25, -0.2) is 0 Å². The first kappa shape index (κ1) is 13.3. The number of nitrogens with two attached hydrogens (primary N) is 1. The number of benzene rings is 2. The summed E-state index contributed by atoms with van der Waals surface area (Å²) in [5, 5.41) is 10.6. The van der Waals surface area contributed by atoms with Crippen LogP contribution < -0.4 is 5.73 Å². The lowest BCUT2D eigenvalue weighted by Gasteiger charge is -2.22. The molecule has 0 amide bonds. The van der Waals surface area contributed by atoms with Crippen molar-refractivity contribution in [2.24, 2.45) is 5.73 Å². The topological polar surface area (TPSA) is 55.5 Å². The molecule has 1 aliphatic heterocycles. The van der Waals surface area contributed by atoms with Crippen LogP contribution in [0.3, 0.4) is 0 Å². The Hall–Kier alpha value is -1.68. The van der Waals surface area contributed by atoms with Crippen molar-refractivity contribution in [3.8, 4) is 0 Å². The Morgan fingerprint density at radius 3 is 2.50 bits per heavy atom. The minimum absolute atomic E-state index is 0.0865. The second kappa shape index (κ2) is 5.75. The van der Waals surface area contributed by atoms with Crippen LogP contribution in [0.2, 0.25) is 0 Å². The minimum Gasteiger partial charge on any atom is -0.388 e. The van der Waals surface area contributed by atoms with E-state index in [1.807, 2.05) is 48.5 Å². The highest BCUT2D eigenvalue weighted by Crippen LogP contribution is 2.32. The van der Waals surface area contributed by atoms with Crippen LogP contribution in [-0.4, -0.2) is 11.7 Å². The molecule has 0 aliphatic carbocycles. The first-order chi connectivity index (χ1) is 9.79. The van der Waals surface area contributed by atoms with Crippen molar-refractivity contribution in [1.82, 2.24) is 0 Å². The van der Waals surface area contributed by atoms with Crippen LogP contribution in [0.25, 0.3) is 0 Å². The largest absolute Gasteiger partial charge is 0.388 e. The van der Waals surface area contributed by atoms with Crippen LogP contribution in [0, 0.1) is 0 Å². The maximum absolute atomic E-state index is 10.6. The van der Waals surface area contributed by atoms with Gasteiger partial charge in [0, 0.05) is 12.5 Å². The molecule has 0 aromatic heterocycles. The van der Waals surface area contributed by atoms with Gasteiger partial charge in [-0.05, 0) is 22.3 Å². The summed E-state index contributed by atoms with van der Waals surface area (Å²) < 4.78 is 5.41. The minimum atomic E-state index is -0.590. The van der Waals surface area contributed by atoms with Gasteiger partial charge in [0.25, 0.3) is 0 Å². The van der Waals surface area contributed by atoms with Gasteiger partial charge in [-0.2, -0.15) is 0 Å². The van der Waals surface area contributed by atoms with Crippen molar-refractivity contribution >= 4 is 0 Å². The fourth-order valence-corrected chi connectivity index (χ4v) is 2.76. The Kier molecular flexibility index (Phi) is 3.83. The quantitative estimate of drug-likeness (QED) is 0.896. The van der Waals surface area contributed by atoms with Crippen molar-refractivity contribution in [1.29, 1.82) is 0 Å². The Bertz CT molecular complexity index is 583. The van der Waals surface area contributed by atoms with E-state index in [0.717, 1.165) is 11.1 Å². The monoisotopic (exact) mass is 269 g/mol. The van der Waals surface area contributed by atoms with E-state index in [9.17, 15) is 5.11 Å². The first-order valence-corrected chi connectivity index (χ1v) is 6.92. The molecule has 1 aliphatic rings. The molecular weight excluding hydrogens is 250 g/mol. The summed E-state index contributed by atoms with van der Waals surface area (Å²) >= 11 is 0. The summed E-state index contributed by atoms with van der Waals surface area (Å²) in [6, 6.07) is 16.0. The summed E-state index contributed by atoms with van der Waals surface area (Å²) in [4.78, 5) is 0. The van der Waals surface area contributed by atoms with Crippen molar-refractivity contribution in [2.75, 3.05) is 6.54 Å². The molecule has 0 saturated heterocycles. The molecule has 0 bridgehead atoms. The average Bonchev–Trinajstić information content (AvgIpc) is 2.96. The van der Waals surface area contributed by atoms with Gasteiger partial charge < -0.3 is 15.6 Å². The molecule has 0 fully saturated rings. The Morgan fingerprint density at radius 2 is 1.75 bits per heavy atom. The molecule has 3 heteroatoms. The number of aliphatic hydroxyl groups is 1. The lowest BCUT2D eigenvalue weighted by atomic mass is 9.88. The average molecular weight is 269 g/mol. The SMILES string of the molecule is NCC(c1ccccc1)C(O)c1ccc2c(c1)COC2. The molecule has 0 saturated carbocycles. The van der Waals surface area contributed by atoms with Gasteiger partial charge in [0.05, 0.1) is 19.3 Å². The normalized spacial score (nSPS) is 16.7. The van der Waals surface area contributed by atoms with Crippen LogP contribution in [0.1, 0.15) is 34.3 Å². The number of fused-ring (bicyclic) bond motifs is 1. The standard InChI is InChI=1S/C17H19NO2/c18-9-16(12-4-2-1-3-5-12)17(19)13-6-7-14-10-20-11-15(14)8-13/h1-8,16-17,19H,9-11,18H2. The van der Waals surface area contributed by atoms with Gasteiger partial charge in [-0.3, -0.25) is 0 Å². The summed E-state index contributed by atoms with van der Waals surface area (Å²) in [5.74, 6) is -0.0865. The molecule has 2 unspecified atom stereocenters. The van der Waals surface area contributed by atoms with Gasteiger partial charge in [0.15, 0.2) is 0 Å². The third-order valence-electron chi connectivity index (χ3n) is 3.95. The predicted molar refractivity (Wildman–Crippen MR) is 78.1 cm³/mol. The second-order valence-electron chi connectivity index (χ2n) is 5.22. The van der Waals surface area contributed by atoms with Gasteiger partial charge in [-0.15, -0.1) is 0 Å². The van der Waals surface area contributed by atoms with Crippen molar-refractivity contribution in [2.45, 2.75) is 25.2 Å². The van der Waals surface area contributed by atoms with E-state index in [4.69, 9.17) is 10.5 Å². The number of hydrogen-bond donors (Lipinski definition) is 2. The van der Waals surface area contributed by atoms with E-state index in [1.54, 1.807) is 0 Å². The zero-order valence-electron chi connectivity index (χ0n) is 11.3. The first-order valence-electron chi connectivity index (χ1n) is 6.92. The zero-order chi connectivity index (χ0) is 13.9. The molecule has 3 nitrogen and oxygen atoms in total. The number of ether oxygens (including phenoxy) is 1.